The summed E-state index contributed by atoms with van der Waals surface area (Å²) < 4.78 is 31.9. The Hall–Kier alpha value is -1.77. The number of hydrogen-bond acceptors (Lipinski definition) is 5. The lowest BCUT2D eigenvalue weighted by molar-refractivity contribution is -0.898. The largest absolute Gasteiger partial charge is 0.744 e. The maximum Gasteiger partial charge on any atom is 0.284 e. The average molecular weight is 384 g/mol. The molecule has 8 heteroatoms. The van der Waals surface area contributed by atoms with E-state index in [-0.39, 0.29) is 16.7 Å². The molecule has 1 aliphatic heterocycles. The molecule has 0 aromatic heterocycles. The molecule has 146 valence electrons. The molecule has 2 amide bonds. The van der Waals surface area contributed by atoms with Gasteiger partial charge in [-0.3, -0.25) is 14.5 Å². The van der Waals surface area contributed by atoms with E-state index >= 15 is 0 Å². The number of imide groups is 1. The van der Waals surface area contributed by atoms with E-state index in [4.69, 9.17) is 0 Å². The highest BCUT2D eigenvalue weighted by atomic mass is 32.2. The SMILES string of the molecule is CC[N+](C)(CC)CC(=O)N1CCCC1=O.Cc1ccc(S(=O)(=O)[O-])cc1. The Morgan fingerprint density at radius 2 is 1.73 bits per heavy atom. The highest BCUT2D eigenvalue weighted by Crippen LogP contribution is 2.12. The molecule has 0 aliphatic carbocycles. The number of likely N-dealkylation sites (N-methyl/N-ethyl adjacent to an activating group) is 1. The number of aryl methyl sites for hydroxylation is 1. The number of benzene rings is 1. The van der Waals surface area contributed by atoms with Crippen LogP contribution in [0.15, 0.2) is 29.2 Å². The van der Waals surface area contributed by atoms with Gasteiger partial charge in [-0.05, 0) is 39.3 Å². The second kappa shape index (κ2) is 9.25. The number of likely N-dealkylation sites (tertiary alicyclic amines) is 1. The summed E-state index contributed by atoms with van der Waals surface area (Å²) in [5, 5.41) is 0. The molecule has 1 aliphatic rings. The summed E-state index contributed by atoms with van der Waals surface area (Å²) in [4.78, 5) is 24.5. The molecule has 1 aromatic rings. The molecule has 1 heterocycles. The Morgan fingerprint density at radius 3 is 2.12 bits per heavy atom. The Labute approximate surface area is 155 Å². The molecule has 0 bridgehead atoms. The normalized spacial score (nSPS) is 14.8. The molecule has 0 atom stereocenters. The van der Waals surface area contributed by atoms with Crippen molar-refractivity contribution in [3.8, 4) is 0 Å². The molecule has 0 N–H and O–H groups in total. The molecule has 0 spiro atoms. The number of carbonyl (C=O) groups excluding carboxylic acids is 2. The fourth-order valence-corrected chi connectivity index (χ4v) is 2.95. The smallest absolute Gasteiger partial charge is 0.284 e. The van der Waals surface area contributed by atoms with Crippen molar-refractivity contribution >= 4 is 21.9 Å². The second-order valence-corrected chi connectivity index (χ2v) is 8.10. The highest BCUT2D eigenvalue weighted by Gasteiger charge is 2.31. The first-order valence-electron chi connectivity index (χ1n) is 8.71. The molecule has 0 saturated carbocycles. The van der Waals surface area contributed by atoms with Crippen molar-refractivity contribution < 1.29 is 27.0 Å². The van der Waals surface area contributed by atoms with Crippen LogP contribution >= 0.6 is 0 Å². The molecule has 0 unspecified atom stereocenters. The molecule has 7 nitrogen and oxygen atoms in total. The number of quaternary nitrogens is 1. The summed E-state index contributed by atoms with van der Waals surface area (Å²) in [6.07, 6.45) is 1.36. The van der Waals surface area contributed by atoms with Crippen molar-refractivity contribution in [1.82, 2.24) is 4.90 Å². The highest BCUT2D eigenvalue weighted by molar-refractivity contribution is 7.85. The van der Waals surface area contributed by atoms with E-state index in [1.54, 1.807) is 12.1 Å². The van der Waals surface area contributed by atoms with Crippen molar-refractivity contribution in [3.63, 3.8) is 0 Å². The van der Waals surface area contributed by atoms with Gasteiger partial charge in [-0.15, -0.1) is 0 Å². The maximum atomic E-state index is 11.9. The van der Waals surface area contributed by atoms with Crippen molar-refractivity contribution in [2.75, 3.05) is 33.2 Å². The van der Waals surface area contributed by atoms with E-state index in [0.717, 1.165) is 25.1 Å². The fraction of sp³-hybridized carbons (Fsp3) is 0.556. The summed E-state index contributed by atoms with van der Waals surface area (Å²) in [6, 6.07) is 5.78. The summed E-state index contributed by atoms with van der Waals surface area (Å²) in [5.41, 5.74) is 0.928. The zero-order chi connectivity index (χ0) is 20.0. The van der Waals surface area contributed by atoms with Gasteiger partial charge in [0.05, 0.1) is 25.0 Å². The summed E-state index contributed by atoms with van der Waals surface area (Å²) in [6.45, 7) is 8.87. The van der Waals surface area contributed by atoms with Gasteiger partial charge < -0.3 is 9.04 Å². The van der Waals surface area contributed by atoms with E-state index in [0.29, 0.717) is 24.0 Å². The van der Waals surface area contributed by atoms with E-state index < -0.39 is 10.1 Å². The first-order chi connectivity index (χ1) is 12.0. The van der Waals surface area contributed by atoms with Gasteiger partial charge in [0.25, 0.3) is 5.91 Å². The van der Waals surface area contributed by atoms with Crippen molar-refractivity contribution in [3.05, 3.63) is 29.8 Å². The van der Waals surface area contributed by atoms with E-state index in [9.17, 15) is 22.6 Å². The third kappa shape index (κ3) is 6.51. The van der Waals surface area contributed by atoms with Gasteiger partial charge in [0.15, 0.2) is 6.54 Å². The van der Waals surface area contributed by atoms with Crippen molar-refractivity contribution in [1.29, 1.82) is 0 Å². The minimum absolute atomic E-state index is 0.00115. The van der Waals surface area contributed by atoms with E-state index in [2.05, 4.69) is 20.9 Å². The van der Waals surface area contributed by atoms with Crippen LogP contribution in [-0.2, 0) is 19.7 Å². The predicted octanol–water partition coefficient (Wildman–Crippen LogP) is 1.52. The lowest BCUT2D eigenvalue weighted by Crippen LogP contribution is -2.51. The van der Waals surface area contributed by atoms with E-state index in [1.807, 2.05) is 6.92 Å². The molecule has 0 radical (unpaired) electrons. The number of nitrogens with zero attached hydrogens (tertiary/aromatic N) is 2. The minimum atomic E-state index is -4.27. The van der Waals surface area contributed by atoms with Crippen LogP contribution in [0.1, 0.15) is 32.3 Å². The van der Waals surface area contributed by atoms with Crippen molar-refractivity contribution in [2.45, 2.75) is 38.5 Å². The molecule has 1 fully saturated rings. The van der Waals surface area contributed by atoms with Gasteiger partial charge in [-0.1, -0.05) is 17.7 Å². The zero-order valence-corrected chi connectivity index (χ0v) is 16.7. The quantitative estimate of drug-likeness (QED) is 0.567. The van der Waals surface area contributed by atoms with Crippen LogP contribution in [0.2, 0.25) is 0 Å². The predicted molar refractivity (Wildman–Crippen MR) is 97.2 cm³/mol. The average Bonchev–Trinajstić information content (AvgIpc) is 3.01. The van der Waals surface area contributed by atoms with Crippen LogP contribution < -0.4 is 0 Å². The Kier molecular flexibility index (Phi) is 7.92. The van der Waals surface area contributed by atoms with Crippen LogP contribution in [0.3, 0.4) is 0 Å². The van der Waals surface area contributed by atoms with Gasteiger partial charge in [-0.25, -0.2) is 8.42 Å². The van der Waals surface area contributed by atoms with Gasteiger partial charge in [0.2, 0.25) is 5.91 Å². The molecule has 1 saturated heterocycles. The van der Waals surface area contributed by atoms with Crippen LogP contribution in [0, 0.1) is 6.92 Å². The molecular weight excluding hydrogens is 356 g/mol. The van der Waals surface area contributed by atoms with Crippen molar-refractivity contribution in [2.24, 2.45) is 0 Å². The third-order valence-corrected chi connectivity index (χ3v) is 5.58. The van der Waals surface area contributed by atoms with Gasteiger partial charge in [0.1, 0.15) is 10.1 Å². The Bertz CT molecular complexity index is 724. The third-order valence-electron chi connectivity index (χ3n) is 4.73. The first-order valence-corrected chi connectivity index (χ1v) is 10.1. The molecular formula is C18H28N2O5S. The lowest BCUT2D eigenvalue weighted by Gasteiger charge is -2.32. The number of rotatable bonds is 5. The lowest BCUT2D eigenvalue weighted by atomic mass is 10.2. The second-order valence-electron chi connectivity index (χ2n) is 6.72. The zero-order valence-electron chi connectivity index (χ0n) is 15.9. The monoisotopic (exact) mass is 384 g/mol. The first kappa shape index (κ1) is 22.3. The minimum Gasteiger partial charge on any atom is -0.744 e. The Morgan fingerprint density at radius 1 is 1.19 bits per heavy atom. The van der Waals surface area contributed by atoms with Crippen LogP contribution in [0.4, 0.5) is 0 Å². The summed E-state index contributed by atoms with van der Waals surface area (Å²) >= 11 is 0. The van der Waals surface area contributed by atoms with Gasteiger partial charge >= 0.3 is 0 Å². The number of carbonyl (C=O) groups is 2. The number of hydrogen-bond donors (Lipinski definition) is 0. The molecule has 2 rings (SSSR count). The number of amides is 2. The summed E-state index contributed by atoms with van der Waals surface area (Å²) in [5.74, 6) is -0.0116. The van der Waals surface area contributed by atoms with Crippen LogP contribution in [-0.4, -0.2) is 67.4 Å². The van der Waals surface area contributed by atoms with Gasteiger partial charge in [0, 0.05) is 13.0 Å². The molecule has 26 heavy (non-hydrogen) atoms. The standard InChI is InChI=1S/C11H21N2O2.C7H8O3S/c1-4-13(3,5-2)9-11(15)12-8-6-7-10(12)14;1-6-2-4-7(5-3-6)11(8,9)10/h4-9H2,1-3H3;2-5H,1H3,(H,8,9,10)/q+1;/p-1. The topological polar surface area (TPSA) is 94.6 Å². The van der Waals surface area contributed by atoms with Gasteiger partial charge in [-0.2, -0.15) is 0 Å². The van der Waals surface area contributed by atoms with Crippen LogP contribution in [0.25, 0.3) is 0 Å². The maximum absolute atomic E-state index is 11.9. The summed E-state index contributed by atoms with van der Waals surface area (Å²) in [7, 11) is -2.22. The van der Waals surface area contributed by atoms with E-state index in [1.165, 1.54) is 17.0 Å². The van der Waals surface area contributed by atoms with Crippen LogP contribution in [0.5, 0.6) is 0 Å². The fourth-order valence-electron chi connectivity index (χ4n) is 2.48. The Balaban J connectivity index is 0.000000273. The molecule has 1 aromatic carbocycles.